The van der Waals surface area contributed by atoms with Gasteiger partial charge < -0.3 is 10.2 Å². The van der Waals surface area contributed by atoms with Crippen molar-refractivity contribution in [1.29, 1.82) is 0 Å². The summed E-state index contributed by atoms with van der Waals surface area (Å²) in [4.78, 5) is 9.37. The van der Waals surface area contributed by atoms with Crippen LogP contribution in [0.2, 0.25) is 0 Å². The molecular formula is C16H28O3. The molecule has 1 atom stereocenters. The molecule has 2 N–H and O–H groups in total. The van der Waals surface area contributed by atoms with E-state index in [0.717, 1.165) is 6.42 Å². The molecule has 1 aliphatic carbocycles. The lowest BCUT2D eigenvalue weighted by molar-refractivity contribution is -0.136. The molecule has 3 heteroatoms. The Morgan fingerprint density at radius 1 is 1.47 bits per heavy atom. The fourth-order valence-electron chi connectivity index (χ4n) is 1.88. The third-order valence-electron chi connectivity index (χ3n) is 3.19. The molecule has 0 radical (unpaired) electrons. The molecule has 0 aromatic heterocycles. The normalized spacial score (nSPS) is 17.9. The minimum absolute atomic E-state index is 0.222. The van der Waals surface area contributed by atoms with Crippen LogP contribution in [0.1, 0.15) is 59.3 Å². The summed E-state index contributed by atoms with van der Waals surface area (Å²) >= 11 is 0. The Kier molecular flexibility index (Phi) is 10.2. The molecule has 0 aliphatic heterocycles. The largest absolute Gasteiger partial charge is 0.481 e. The highest BCUT2D eigenvalue weighted by Crippen LogP contribution is 2.25. The minimum Gasteiger partial charge on any atom is -0.481 e. The summed E-state index contributed by atoms with van der Waals surface area (Å²) in [7, 11) is 0. The van der Waals surface area contributed by atoms with Crippen molar-refractivity contribution in [3.63, 3.8) is 0 Å². The molecule has 1 unspecified atom stereocenters. The first-order valence-electron chi connectivity index (χ1n) is 7.13. The van der Waals surface area contributed by atoms with Crippen molar-refractivity contribution in [3.8, 4) is 0 Å². The smallest absolute Gasteiger partial charge is 0.303 e. The Hall–Kier alpha value is -1.09. The predicted octanol–water partition coefficient (Wildman–Crippen LogP) is 3.93. The molecule has 0 spiro atoms. The Morgan fingerprint density at radius 2 is 2.11 bits per heavy atom. The van der Waals surface area contributed by atoms with Gasteiger partial charge in [-0.05, 0) is 51.9 Å². The average Bonchev–Trinajstić information content (AvgIpc) is 2.40. The van der Waals surface area contributed by atoms with Gasteiger partial charge in [0.25, 0.3) is 0 Å². The molecule has 0 saturated heterocycles. The lowest BCUT2D eigenvalue weighted by Crippen LogP contribution is -2.09. The Balaban J connectivity index is 0.000000555. The zero-order valence-corrected chi connectivity index (χ0v) is 12.5. The zero-order chi connectivity index (χ0) is 14.7. The molecule has 0 fully saturated rings. The van der Waals surface area contributed by atoms with Crippen LogP contribution in [0.3, 0.4) is 0 Å². The highest BCUT2D eigenvalue weighted by Gasteiger charge is 2.12. The minimum atomic E-state index is -0.745. The maximum Gasteiger partial charge on any atom is 0.303 e. The van der Waals surface area contributed by atoms with E-state index in [1.165, 1.54) is 31.3 Å². The maximum absolute atomic E-state index is 9.37. The van der Waals surface area contributed by atoms with Gasteiger partial charge >= 0.3 is 5.97 Å². The van der Waals surface area contributed by atoms with Crippen molar-refractivity contribution in [1.82, 2.24) is 0 Å². The maximum atomic E-state index is 9.37. The van der Waals surface area contributed by atoms with E-state index >= 15 is 0 Å². The number of rotatable bonds is 5. The number of hydrogen-bond acceptors (Lipinski definition) is 2. The van der Waals surface area contributed by atoms with Gasteiger partial charge in [0.15, 0.2) is 0 Å². The summed E-state index contributed by atoms with van der Waals surface area (Å²) < 4.78 is 0. The van der Waals surface area contributed by atoms with E-state index in [-0.39, 0.29) is 6.42 Å². The van der Waals surface area contributed by atoms with Crippen LogP contribution in [0, 0.1) is 5.92 Å². The molecule has 0 heterocycles. The molecule has 0 aromatic rings. The molecule has 1 rings (SSSR count). The van der Waals surface area contributed by atoms with Gasteiger partial charge in [0.1, 0.15) is 0 Å². The van der Waals surface area contributed by atoms with Gasteiger partial charge in [0, 0.05) is 13.0 Å². The number of aliphatic hydroxyl groups excluding tert-OH is 1. The van der Waals surface area contributed by atoms with E-state index in [2.05, 4.69) is 26.0 Å². The monoisotopic (exact) mass is 268 g/mol. The van der Waals surface area contributed by atoms with Crippen molar-refractivity contribution in [2.45, 2.75) is 59.3 Å². The highest BCUT2D eigenvalue weighted by atomic mass is 16.4. The Bertz CT molecular complexity index is 312. The molecule has 0 saturated carbocycles. The predicted molar refractivity (Wildman–Crippen MR) is 79.1 cm³/mol. The SMILES string of the molecule is CC(C)=CCCC1=CCC(CO)CC1.CCC(=O)O. The van der Waals surface area contributed by atoms with Crippen LogP contribution >= 0.6 is 0 Å². The third kappa shape index (κ3) is 10.5. The van der Waals surface area contributed by atoms with Crippen LogP contribution in [0.25, 0.3) is 0 Å². The first-order chi connectivity index (χ1) is 8.99. The molecule has 0 aromatic carbocycles. The number of carboxylic acid groups (broad SMARTS) is 1. The second-order valence-electron chi connectivity index (χ2n) is 5.25. The number of allylic oxidation sites excluding steroid dienone is 4. The van der Waals surface area contributed by atoms with Crippen LogP contribution in [0.5, 0.6) is 0 Å². The molecule has 110 valence electrons. The van der Waals surface area contributed by atoms with E-state index in [1.807, 2.05) is 0 Å². The van der Waals surface area contributed by atoms with Gasteiger partial charge in [-0.3, -0.25) is 4.79 Å². The second kappa shape index (κ2) is 10.8. The fraction of sp³-hybridized carbons (Fsp3) is 0.688. The van der Waals surface area contributed by atoms with E-state index in [9.17, 15) is 4.79 Å². The molecule has 0 bridgehead atoms. The number of hydrogen-bond donors (Lipinski definition) is 2. The lowest BCUT2D eigenvalue weighted by atomic mass is 9.88. The fourth-order valence-corrected chi connectivity index (χ4v) is 1.88. The molecule has 1 aliphatic rings. The van der Waals surface area contributed by atoms with Gasteiger partial charge in [0.2, 0.25) is 0 Å². The first-order valence-corrected chi connectivity index (χ1v) is 7.13. The highest BCUT2D eigenvalue weighted by molar-refractivity contribution is 5.66. The van der Waals surface area contributed by atoms with E-state index < -0.39 is 5.97 Å². The van der Waals surface area contributed by atoms with Crippen molar-refractivity contribution < 1.29 is 15.0 Å². The van der Waals surface area contributed by atoms with Gasteiger partial charge in [-0.2, -0.15) is 0 Å². The summed E-state index contributed by atoms with van der Waals surface area (Å²) in [5, 5.41) is 16.7. The van der Waals surface area contributed by atoms with Crippen molar-refractivity contribution in [3.05, 3.63) is 23.3 Å². The number of carbonyl (C=O) groups is 1. The number of aliphatic carboxylic acids is 1. The third-order valence-corrected chi connectivity index (χ3v) is 3.19. The van der Waals surface area contributed by atoms with E-state index in [4.69, 9.17) is 10.2 Å². The number of aliphatic hydroxyl groups is 1. The van der Waals surface area contributed by atoms with Crippen molar-refractivity contribution in [2.75, 3.05) is 6.61 Å². The van der Waals surface area contributed by atoms with Crippen molar-refractivity contribution in [2.24, 2.45) is 5.92 Å². The summed E-state index contributed by atoms with van der Waals surface area (Å²) in [6.45, 7) is 6.26. The van der Waals surface area contributed by atoms with Gasteiger partial charge in [0.05, 0.1) is 0 Å². The average molecular weight is 268 g/mol. The standard InChI is InChI=1S/C13H22O.C3H6O2/c1-11(2)4-3-5-12-6-8-13(10-14)9-7-12;1-2-3(4)5/h4,6,13-14H,3,5,7-10H2,1-2H3;2H2,1H3,(H,4,5). The molecule has 3 nitrogen and oxygen atoms in total. The summed E-state index contributed by atoms with van der Waals surface area (Å²) in [6.07, 6.45) is 10.7. The van der Waals surface area contributed by atoms with Gasteiger partial charge in [-0.25, -0.2) is 0 Å². The quantitative estimate of drug-likeness (QED) is 0.743. The lowest BCUT2D eigenvalue weighted by Gasteiger charge is -2.19. The van der Waals surface area contributed by atoms with Crippen LogP contribution in [-0.4, -0.2) is 22.8 Å². The summed E-state index contributed by atoms with van der Waals surface area (Å²) in [6, 6.07) is 0. The van der Waals surface area contributed by atoms with Crippen LogP contribution in [0.4, 0.5) is 0 Å². The Labute approximate surface area is 117 Å². The summed E-state index contributed by atoms with van der Waals surface area (Å²) in [5.74, 6) is -0.216. The number of carboxylic acids is 1. The van der Waals surface area contributed by atoms with E-state index in [1.54, 1.807) is 12.5 Å². The van der Waals surface area contributed by atoms with Crippen LogP contribution in [-0.2, 0) is 4.79 Å². The molecule has 19 heavy (non-hydrogen) atoms. The molecular weight excluding hydrogens is 240 g/mol. The van der Waals surface area contributed by atoms with Crippen molar-refractivity contribution >= 4 is 5.97 Å². The van der Waals surface area contributed by atoms with Gasteiger partial charge in [-0.1, -0.05) is 30.2 Å². The first kappa shape index (κ1) is 17.9. The Morgan fingerprint density at radius 3 is 2.47 bits per heavy atom. The second-order valence-corrected chi connectivity index (χ2v) is 5.25. The van der Waals surface area contributed by atoms with Crippen LogP contribution in [0.15, 0.2) is 23.3 Å². The topological polar surface area (TPSA) is 57.5 Å². The van der Waals surface area contributed by atoms with Crippen LogP contribution < -0.4 is 0 Å². The van der Waals surface area contributed by atoms with Gasteiger partial charge in [-0.15, -0.1) is 0 Å². The summed E-state index contributed by atoms with van der Waals surface area (Å²) in [5.41, 5.74) is 3.00. The van der Waals surface area contributed by atoms with E-state index in [0.29, 0.717) is 12.5 Å². The molecule has 0 amide bonds. The zero-order valence-electron chi connectivity index (χ0n) is 12.5.